The van der Waals surface area contributed by atoms with E-state index in [1.165, 1.54) is 11.8 Å². The van der Waals surface area contributed by atoms with Gasteiger partial charge in [0.1, 0.15) is 17.4 Å². The van der Waals surface area contributed by atoms with E-state index < -0.39 is 22.9 Å². The van der Waals surface area contributed by atoms with Gasteiger partial charge in [0.2, 0.25) is 5.91 Å². The second kappa shape index (κ2) is 9.33. The lowest BCUT2D eigenvalue weighted by Crippen LogP contribution is -2.60. The average molecular weight is 481 g/mol. The molecule has 178 valence electrons. The minimum Gasteiger partial charge on any atom is -0.480 e. The predicted molar refractivity (Wildman–Crippen MR) is 130 cm³/mol. The number of hydrogen-bond acceptors (Lipinski definition) is 5. The molecule has 2 amide bonds. The van der Waals surface area contributed by atoms with Gasteiger partial charge >= 0.3 is 12.1 Å². The number of amides is 2. The molecule has 0 radical (unpaired) electrons. The summed E-state index contributed by atoms with van der Waals surface area (Å²) in [5, 5.41) is 11.6. The molecule has 0 bridgehead atoms. The Kier molecular flexibility index (Phi) is 6.25. The summed E-state index contributed by atoms with van der Waals surface area (Å²) in [5.74, 6) is -0.578. The van der Waals surface area contributed by atoms with Crippen LogP contribution in [0.4, 0.5) is 4.79 Å². The van der Waals surface area contributed by atoms with Gasteiger partial charge in [-0.2, -0.15) is 0 Å². The van der Waals surface area contributed by atoms with E-state index in [4.69, 9.17) is 4.74 Å². The zero-order valence-corrected chi connectivity index (χ0v) is 19.7. The fourth-order valence-electron chi connectivity index (χ4n) is 5.49. The van der Waals surface area contributed by atoms with Gasteiger partial charge in [0.15, 0.2) is 0 Å². The second-order valence-corrected chi connectivity index (χ2v) is 10.5. The van der Waals surface area contributed by atoms with Crippen molar-refractivity contribution in [1.29, 1.82) is 0 Å². The molecule has 1 atom stereocenters. The molecule has 1 heterocycles. The number of carbonyl (C=O) groups excluding carboxylic acids is 2. The fourth-order valence-corrected chi connectivity index (χ4v) is 6.52. The first-order chi connectivity index (χ1) is 16.5. The van der Waals surface area contributed by atoms with Gasteiger partial charge in [-0.3, -0.25) is 9.59 Å². The van der Waals surface area contributed by atoms with Crippen molar-refractivity contribution in [3.63, 3.8) is 0 Å². The highest BCUT2D eigenvalue weighted by atomic mass is 32.2. The highest BCUT2D eigenvalue weighted by molar-refractivity contribution is 8.00. The van der Waals surface area contributed by atoms with Gasteiger partial charge < -0.3 is 20.1 Å². The standard InChI is InChI=1S/C26H28N2O5S/c29-23(30)22-15-28(13-14-34-22)24(31)26(11-5-6-12-26)27-25(32)33-16-21-19-9-3-1-7-17(19)18-8-2-4-10-20(18)21/h1-4,7-10,21-22H,5-6,11-16H2,(H,27,32)(H,29,30). The predicted octanol–water partition coefficient (Wildman–Crippen LogP) is 3.87. The summed E-state index contributed by atoms with van der Waals surface area (Å²) in [4.78, 5) is 39.5. The number of carbonyl (C=O) groups is 3. The molecule has 0 spiro atoms. The first-order valence-electron chi connectivity index (χ1n) is 11.8. The zero-order valence-electron chi connectivity index (χ0n) is 18.9. The number of fused-ring (bicyclic) bond motifs is 3. The van der Waals surface area contributed by atoms with Gasteiger partial charge in [0.05, 0.1) is 0 Å². The quantitative estimate of drug-likeness (QED) is 0.675. The number of ether oxygens (including phenoxy) is 1. The number of thioether (sulfide) groups is 1. The smallest absolute Gasteiger partial charge is 0.408 e. The van der Waals surface area contributed by atoms with Crippen molar-refractivity contribution in [2.75, 3.05) is 25.4 Å². The summed E-state index contributed by atoms with van der Waals surface area (Å²) >= 11 is 1.35. The van der Waals surface area contributed by atoms with Crippen molar-refractivity contribution in [3.8, 4) is 11.1 Å². The fraction of sp³-hybridized carbons (Fsp3) is 0.423. The number of alkyl carbamates (subject to hydrolysis) is 1. The van der Waals surface area contributed by atoms with Crippen LogP contribution in [0.3, 0.4) is 0 Å². The Morgan fingerprint density at radius 3 is 2.26 bits per heavy atom. The van der Waals surface area contributed by atoms with Crippen LogP contribution in [0.1, 0.15) is 42.7 Å². The summed E-state index contributed by atoms with van der Waals surface area (Å²) in [6, 6.07) is 16.3. The molecule has 2 fully saturated rings. The number of nitrogens with one attached hydrogen (secondary N) is 1. The van der Waals surface area contributed by atoms with Crippen molar-refractivity contribution in [3.05, 3.63) is 59.7 Å². The van der Waals surface area contributed by atoms with Crippen LogP contribution >= 0.6 is 11.8 Å². The molecule has 34 heavy (non-hydrogen) atoms. The van der Waals surface area contributed by atoms with E-state index in [2.05, 4.69) is 29.6 Å². The molecule has 2 aromatic carbocycles. The van der Waals surface area contributed by atoms with Crippen molar-refractivity contribution >= 4 is 29.7 Å². The maximum atomic E-state index is 13.5. The van der Waals surface area contributed by atoms with Gasteiger partial charge in [-0.05, 0) is 35.1 Å². The molecule has 1 unspecified atom stereocenters. The van der Waals surface area contributed by atoms with Crippen LogP contribution in [-0.2, 0) is 14.3 Å². The van der Waals surface area contributed by atoms with Crippen LogP contribution in [0.2, 0.25) is 0 Å². The molecule has 5 rings (SSSR count). The first-order valence-corrected chi connectivity index (χ1v) is 12.8. The second-order valence-electron chi connectivity index (χ2n) is 9.19. The highest BCUT2D eigenvalue weighted by Gasteiger charge is 2.46. The van der Waals surface area contributed by atoms with Gasteiger partial charge in [-0.15, -0.1) is 11.8 Å². The molecule has 8 heteroatoms. The summed E-state index contributed by atoms with van der Waals surface area (Å²) in [6.07, 6.45) is 2.15. The number of nitrogens with zero attached hydrogens (tertiary/aromatic N) is 1. The van der Waals surface area contributed by atoms with Crippen molar-refractivity contribution in [1.82, 2.24) is 10.2 Å². The Morgan fingerprint density at radius 1 is 1.03 bits per heavy atom. The van der Waals surface area contributed by atoms with Gasteiger partial charge in [-0.25, -0.2) is 4.79 Å². The topological polar surface area (TPSA) is 95.9 Å². The third-order valence-corrected chi connectivity index (χ3v) is 8.35. The first kappa shape index (κ1) is 22.8. The van der Waals surface area contributed by atoms with E-state index in [1.54, 1.807) is 4.90 Å². The number of aliphatic carboxylic acids is 1. The number of carboxylic acid groups (broad SMARTS) is 1. The monoisotopic (exact) mass is 480 g/mol. The molecule has 3 aliphatic rings. The summed E-state index contributed by atoms with van der Waals surface area (Å²) in [5.41, 5.74) is 3.56. The number of hydrogen-bond donors (Lipinski definition) is 2. The van der Waals surface area contributed by atoms with Gasteiger partial charge in [0, 0.05) is 24.8 Å². The Bertz CT molecular complexity index is 1070. The molecular formula is C26H28N2O5S. The van der Waals surface area contributed by atoms with E-state index in [9.17, 15) is 19.5 Å². The third-order valence-electron chi connectivity index (χ3n) is 7.18. The summed E-state index contributed by atoms with van der Waals surface area (Å²) in [6.45, 7) is 0.833. The molecule has 1 saturated heterocycles. The normalized spacial score (nSPS) is 20.9. The van der Waals surface area contributed by atoms with Crippen LogP contribution in [-0.4, -0.2) is 64.2 Å². The molecule has 1 aliphatic heterocycles. The Balaban J connectivity index is 1.28. The van der Waals surface area contributed by atoms with Crippen molar-refractivity contribution < 1.29 is 24.2 Å². The van der Waals surface area contributed by atoms with E-state index in [1.807, 2.05) is 24.3 Å². The Labute approximate surface area is 202 Å². The Hall–Kier alpha value is -3.00. The number of rotatable bonds is 5. The lowest BCUT2D eigenvalue weighted by Gasteiger charge is -2.38. The molecule has 2 aliphatic carbocycles. The van der Waals surface area contributed by atoms with E-state index in [0.717, 1.165) is 35.1 Å². The van der Waals surface area contributed by atoms with Crippen molar-refractivity contribution in [2.45, 2.75) is 42.4 Å². The minimum atomic E-state index is -1.02. The molecule has 7 nitrogen and oxygen atoms in total. The molecule has 2 aromatic rings. The number of carboxylic acids is 1. The maximum Gasteiger partial charge on any atom is 0.408 e. The van der Waals surface area contributed by atoms with Gasteiger partial charge in [0.25, 0.3) is 0 Å². The lowest BCUT2D eigenvalue weighted by atomic mass is 9.95. The van der Waals surface area contributed by atoms with E-state index in [0.29, 0.717) is 25.1 Å². The van der Waals surface area contributed by atoms with Crippen LogP contribution in [0, 0.1) is 0 Å². The zero-order chi connectivity index (χ0) is 23.7. The summed E-state index contributed by atoms with van der Waals surface area (Å²) < 4.78 is 5.70. The van der Waals surface area contributed by atoms with Crippen LogP contribution in [0.5, 0.6) is 0 Å². The highest BCUT2D eigenvalue weighted by Crippen LogP contribution is 2.44. The largest absolute Gasteiger partial charge is 0.480 e. The lowest BCUT2D eigenvalue weighted by molar-refractivity contribution is -0.140. The SMILES string of the molecule is O=C(NC1(C(=O)N2CCSC(C(=O)O)C2)CCCC1)OCC1c2ccccc2-c2ccccc21. The number of benzene rings is 2. The van der Waals surface area contributed by atoms with E-state index >= 15 is 0 Å². The molecule has 1 saturated carbocycles. The third kappa shape index (κ3) is 4.15. The van der Waals surface area contributed by atoms with Crippen LogP contribution in [0.15, 0.2) is 48.5 Å². The summed E-state index contributed by atoms with van der Waals surface area (Å²) in [7, 11) is 0. The molecule has 0 aromatic heterocycles. The van der Waals surface area contributed by atoms with E-state index in [-0.39, 0.29) is 25.0 Å². The molecular weight excluding hydrogens is 452 g/mol. The van der Waals surface area contributed by atoms with Crippen LogP contribution < -0.4 is 5.32 Å². The minimum absolute atomic E-state index is 0.0520. The van der Waals surface area contributed by atoms with Crippen LogP contribution in [0.25, 0.3) is 11.1 Å². The molecule has 2 N–H and O–H groups in total. The van der Waals surface area contributed by atoms with Gasteiger partial charge in [-0.1, -0.05) is 61.4 Å². The van der Waals surface area contributed by atoms with Crippen molar-refractivity contribution in [2.24, 2.45) is 0 Å². The average Bonchev–Trinajstić information content (AvgIpc) is 3.46. The Morgan fingerprint density at radius 2 is 1.65 bits per heavy atom. The maximum absolute atomic E-state index is 13.5.